The lowest BCUT2D eigenvalue weighted by Crippen LogP contribution is -2.42. The molecule has 1 saturated carbocycles. The molecule has 0 saturated heterocycles. The predicted molar refractivity (Wildman–Crippen MR) is 173 cm³/mol. The van der Waals surface area contributed by atoms with E-state index in [4.69, 9.17) is 15.7 Å². The first-order chi connectivity index (χ1) is 20.0. The van der Waals surface area contributed by atoms with Crippen molar-refractivity contribution in [3.05, 3.63) is 150 Å². The first-order valence-electron chi connectivity index (χ1n) is 14.3. The molecule has 0 amide bonds. The average Bonchev–Trinajstić information content (AvgIpc) is 3.03. The minimum Gasteiger partial charge on any atom is -0.399 e. The molecule has 5 aromatic rings. The van der Waals surface area contributed by atoms with Gasteiger partial charge < -0.3 is 5.73 Å². The maximum atomic E-state index is 6.05. The second-order valence-electron chi connectivity index (χ2n) is 11.0. The van der Waals surface area contributed by atoms with Gasteiger partial charge in [-0.3, -0.25) is 4.99 Å². The molecule has 0 bridgehead atoms. The van der Waals surface area contributed by atoms with Crippen LogP contribution < -0.4 is 5.73 Å². The number of aliphatic imine (C=N–C) groups is 2. The summed E-state index contributed by atoms with van der Waals surface area (Å²) in [7, 11) is 0. The molecule has 2 N–H and O–H groups in total. The van der Waals surface area contributed by atoms with Crippen molar-refractivity contribution in [2.24, 2.45) is 15.9 Å². The zero-order valence-corrected chi connectivity index (χ0v) is 23.7. The number of nitrogens with zero attached hydrogens (tertiary/aromatic N) is 2. The summed E-state index contributed by atoms with van der Waals surface area (Å²) < 4.78 is 0. The molecule has 0 radical (unpaired) electrons. The molecule has 2 atom stereocenters. The zero-order valence-electron chi connectivity index (χ0n) is 23.7. The maximum Gasteiger partial charge on any atom is 0.155 e. The summed E-state index contributed by atoms with van der Waals surface area (Å²) in [6, 6.07) is 46.4. The summed E-state index contributed by atoms with van der Waals surface area (Å²) in [5.74, 6) is 1.16. The Balaban J connectivity index is 1.38. The fraction of sp³-hybridized carbons (Fsp3) is 0.158. The molecule has 5 aromatic carbocycles. The van der Waals surface area contributed by atoms with Crippen molar-refractivity contribution in [2.75, 3.05) is 5.73 Å². The van der Waals surface area contributed by atoms with Gasteiger partial charge in [-0.05, 0) is 83.3 Å². The Labute approximate surface area is 243 Å². The fourth-order valence-corrected chi connectivity index (χ4v) is 5.68. The van der Waals surface area contributed by atoms with Crippen LogP contribution in [0.15, 0.2) is 143 Å². The standard InChI is InChI=1S/C38H35N3/c1-27-25-26-38(27,35-21-17-33(18-22-35)31-11-7-4-8-12-31)41-37(34-19-23-36(39)24-20-34)40-28(2)29-13-15-32(16-14-29)30-9-5-3-6-10-30/h3-24,27H,25-26,39H2,1-2H3/t27-,38-/m1/s1. The quantitative estimate of drug-likeness (QED) is 0.132. The van der Waals surface area contributed by atoms with Gasteiger partial charge in [0.1, 0.15) is 0 Å². The highest BCUT2D eigenvalue weighted by Crippen LogP contribution is 2.50. The van der Waals surface area contributed by atoms with Crippen LogP contribution in [-0.2, 0) is 5.54 Å². The van der Waals surface area contributed by atoms with Gasteiger partial charge in [0.15, 0.2) is 5.84 Å². The number of hydrogen-bond acceptors (Lipinski definition) is 2. The Morgan fingerprint density at radius 1 is 0.634 bits per heavy atom. The van der Waals surface area contributed by atoms with Crippen LogP contribution in [0.5, 0.6) is 0 Å². The Bertz CT molecular complexity index is 1670. The number of nitrogens with two attached hydrogens (primary N) is 1. The van der Waals surface area contributed by atoms with Crippen LogP contribution >= 0.6 is 0 Å². The van der Waals surface area contributed by atoms with E-state index in [9.17, 15) is 0 Å². The Morgan fingerprint density at radius 2 is 1.12 bits per heavy atom. The first-order valence-corrected chi connectivity index (χ1v) is 14.3. The number of hydrogen-bond donors (Lipinski definition) is 1. The van der Waals surface area contributed by atoms with Crippen molar-refractivity contribution < 1.29 is 0 Å². The summed E-state index contributed by atoms with van der Waals surface area (Å²) in [6.07, 6.45) is 2.14. The highest BCUT2D eigenvalue weighted by Gasteiger charge is 2.46. The second kappa shape index (κ2) is 11.4. The molecule has 1 fully saturated rings. The van der Waals surface area contributed by atoms with Crippen molar-refractivity contribution in [2.45, 2.75) is 32.2 Å². The molecule has 3 nitrogen and oxygen atoms in total. The highest BCUT2D eigenvalue weighted by atomic mass is 15.0. The summed E-state index contributed by atoms with van der Waals surface area (Å²) in [6.45, 7) is 4.37. The third-order valence-electron chi connectivity index (χ3n) is 8.42. The smallest absolute Gasteiger partial charge is 0.155 e. The van der Waals surface area contributed by atoms with Crippen LogP contribution in [0.2, 0.25) is 0 Å². The molecule has 0 spiro atoms. The van der Waals surface area contributed by atoms with Crippen LogP contribution in [0.1, 0.15) is 43.4 Å². The second-order valence-corrected chi connectivity index (χ2v) is 11.0. The normalized spacial score (nSPS) is 19.0. The Kier molecular flexibility index (Phi) is 7.35. The van der Waals surface area contributed by atoms with E-state index in [1.165, 1.54) is 27.8 Å². The number of nitrogen functional groups attached to an aromatic ring is 1. The van der Waals surface area contributed by atoms with E-state index in [1.54, 1.807) is 0 Å². The minimum absolute atomic E-state index is 0.313. The fourth-order valence-electron chi connectivity index (χ4n) is 5.68. The van der Waals surface area contributed by atoms with E-state index in [1.807, 2.05) is 30.3 Å². The van der Waals surface area contributed by atoms with E-state index in [0.29, 0.717) is 5.92 Å². The van der Waals surface area contributed by atoms with Gasteiger partial charge in [0, 0.05) is 17.0 Å². The van der Waals surface area contributed by atoms with Crippen LogP contribution in [-0.4, -0.2) is 11.5 Å². The SMILES string of the molecule is CC(=NC(=N[C@]1(c2ccc(-c3ccccc3)cc2)CC[C@H]1C)c1ccc(N)cc1)c1ccc(-c2ccccc2)cc1. The van der Waals surface area contributed by atoms with Crippen molar-refractivity contribution in [3.8, 4) is 22.3 Å². The van der Waals surface area contributed by atoms with Crippen LogP contribution in [0.4, 0.5) is 5.69 Å². The van der Waals surface area contributed by atoms with Crippen LogP contribution in [0.25, 0.3) is 22.3 Å². The van der Waals surface area contributed by atoms with Crippen LogP contribution in [0, 0.1) is 5.92 Å². The molecule has 0 aromatic heterocycles. The third-order valence-corrected chi connectivity index (χ3v) is 8.42. The Hall–Kier alpha value is -4.76. The van der Waals surface area contributed by atoms with E-state index < -0.39 is 0 Å². The molecule has 1 aliphatic rings. The highest BCUT2D eigenvalue weighted by molar-refractivity contribution is 6.11. The van der Waals surface area contributed by atoms with Crippen molar-refractivity contribution in [1.29, 1.82) is 0 Å². The van der Waals surface area contributed by atoms with E-state index >= 15 is 0 Å². The van der Waals surface area contributed by atoms with Crippen molar-refractivity contribution in [3.63, 3.8) is 0 Å². The summed E-state index contributed by atoms with van der Waals surface area (Å²) >= 11 is 0. The molecule has 0 heterocycles. The lowest BCUT2D eigenvalue weighted by molar-refractivity contribution is 0.148. The van der Waals surface area contributed by atoms with Crippen molar-refractivity contribution in [1.82, 2.24) is 0 Å². The van der Waals surface area contributed by atoms with Gasteiger partial charge in [-0.15, -0.1) is 0 Å². The number of rotatable bonds is 6. The average molecular weight is 534 g/mol. The summed E-state index contributed by atoms with van der Waals surface area (Å²) in [5, 5.41) is 0. The largest absolute Gasteiger partial charge is 0.399 e. The molecule has 202 valence electrons. The number of amidine groups is 1. The minimum atomic E-state index is -0.313. The van der Waals surface area contributed by atoms with E-state index in [0.717, 1.165) is 41.2 Å². The number of anilines is 1. The third kappa shape index (κ3) is 5.49. The van der Waals surface area contributed by atoms with Gasteiger partial charge in [-0.2, -0.15) is 0 Å². The first kappa shape index (κ1) is 26.5. The molecule has 0 unspecified atom stereocenters. The van der Waals surface area contributed by atoms with Crippen molar-refractivity contribution >= 4 is 17.2 Å². The summed E-state index contributed by atoms with van der Waals surface area (Å²) in [4.78, 5) is 10.7. The molecule has 0 aliphatic heterocycles. The zero-order chi connectivity index (χ0) is 28.2. The molecular formula is C38H35N3. The van der Waals surface area contributed by atoms with Gasteiger partial charge >= 0.3 is 0 Å². The van der Waals surface area contributed by atoms with Gasteiger partial charge in [0.05, 0.1) is 5.54 Å². The Morgan fingerprint density at radius 3 is 1.61 bits per heavy atom. The van der Waals surface area contributed by atoms with Gasteiger partial charge in [-0.1, -0.05) is 116 Å². The topological polar surface area (TPSA) is 50.7 Å². The van der Waals surface area contributed by atoms with Gasteiger partial charge in [-0.25, -0.2) is 4.99 Å². The van der Waals surface area contributed by atoms with Crippen LogP contribution in [0.3, 0.4) is 0 Å². The lowest BCUT2D eigenvalue weighted by atomic mass is 9.64. The van der Waals surface area contributed by atoms with E-state index in [2.05, 4.69) is 117 Å². The lowest BCUT2D eigenvalue weighted by Gasteiger charge is -2.45. The molecular weight excluding hydrogens is 498 g/mol. The molecule has 1 aliphatic carbocycles. The predicted octanol–water partition coefficient (Wildman–Crippen LogP) is 9.18. The molecule has 41 heavy (non-hydrogen) atoms. The van der Waals surface area contributed by atoms with Gasteiger partial charge in [0.25, 0.3) is 0 Å². The van der Waals surface area contributed by atoms with Gasteiger partial charge in [0.2, 0.25) is 0 Å². The van der Waals surface area contributed by atoms with E-state index in [-0.39, 0.29) is 5.54 Å². The number of benzene rings is 5. The monoisotopic (exact) mass is 533 g/mol. The molecule has 3 heteroatoms. The summed E-state index contributed by atoms with van der Waals surface area (Å²) in [5.41, 5.74) is 15.5. The molecule has 6 rings (SSSR count). The maximum absolute atomic E-state index is 6.05.